The van der Waals surface area contributed by atoms with Crippen LogP contribution in [0.3, 0.4) is 0 Å². The lowest BCUT2D eigenvalue weighted by Crippen LogP contribution is -2.36. The molecule has 8 nitrogen and oxygen atoms in total. The Morgan fingerprint density at radius 2 is 2.14 bits per heavy atom. The summed E-state index contributed by atoms with van der Waals surface area (Å²) in [5, 5.41) is 8.89. The average molecular weight is 414 g/mol. The Kier molecular flexibility index (Phi) is 6.48. The third-order valence-corrected chi connectivity index (χ3v) is 5.50. The van der Waals surface area contributed by atoms with E-state index in [1.807, 2.05) is 35.8 Å². The fraction of sp³-hybridized carbons (Fsp3) is 0.400. The fourth-order valence-corrected chi connectivity index (χ4v) is 3.70. The first-order valence-corrected chi connectivity index (χ1v) is 10.6. The SMILES string of the molecule is O=C(CCCc1nc(-c2cccs2)no1)NCc1ccc(N2CCOCC2)nc1. The number of rotatable bonds is 8. The Hall–Kier alpha value is -2.78. The van der Waals surface area contributed by atoms with Gasteiger partial charge in [0.15, 0.2) is 0 Å². The van der Waals surface area contributed by atoms with Gasteiger partial charge in [-0.25, -0.2) is 4.98 Å². The molecule has 0 aliphatic carbocycles. The number of morpholine rings is 1. The highest BCUT2D eigenvalue weighted by Crippen LogP contribution is 2.21. The van der Waals surface area contributed by atoms with E-state index in [1.54, 1.807) is 11.3 Å². The zero-order valence-corrected chi connectivity index (χ0v) is 16.9. The summed E-state index contributed by atoms with van der Waals surface area (Å²) in [5.41, 5.74) is 0.979. The van der Waals surface area contributed by atoms with Crippen LogP contribution in [0.15, 0.2) is 40.4 Å². The number of anilines is 1. The molecule has 3 aromatic rings. The molecule has 1 fully saturated rings. The third-order valence-electron chi connectivity index (χ3n) is 4.64. The number of carbonyl (C=O) groups is 1. The summed E-state index contributed by atoms with van der Waals surface area (Å²) in [6.07, 6.45) is 3.47. The summed E-state index contributed by atoms with van der Waals surface area (Å²) >= 11 is 1.57. The van der Waals surface area contributed by atoms with E-state index in [0.29, 0.717) is 37.5 Å². The van der Waals surface area contributed by atoms with Gasteiger partial charge in [0.2, 0.25) is 17.6 Å². The number of carbonyl (C=O) groups excluding carboxylic acids is 1. The molecule has 0 saturated carbocycles. The normalized spacial score (nSPS) is 14.1. The Labute approximate surface area is 172 Å². The lowest BCUT2D eigenvalue weighted by molar-refractivity contribution is -0.121. The van der Waals surface area contributed by atoms with Crippen LogP contribution in [0.1, 0.15) is 24.3 Å². The van der Waals surface area contributed by atoms with Crippen LogP contribution < -0.4 is 10.2 Å². The molecule has 1 N–H and O–H groups in total. The fourth-order valence-electron chi connectivity index (χ4n) is 3.05. The molecule has 29 heavy (non-hydrogen) atoms. The smallest absolute Gasteiger partial charge is 0.226 e. The van der Waals surface area contributed by atoms with Crippen molar-refractivity contribution in [3.63, 3.8) is 0 Å². The van der Waals surface area contributed by atoms with Crippen LogP contribution >= 0.6 is 11.3 Å². The average Bonchev–Trinajstić information content (AvgIpc) is 3.45. The van der Waals surface area contributed by atoms with E-state index in [0.717, 1.165) is 42.6 Å². The van der Waals surface area contributed by atoms with Gasteiger partial charge in [-0.15, -0.1) is 11.3 Å². The topological polar surface area (TPSA) is 93.4 Å². The van der Waals surface area contributed by atoms with Gasteiger partial charge in [-0.1, -0.05) is 17.3 Å². The van der Waals surface area contributed by atoms with Crippen LogP contribution in [0, 0.1) is 0 Å². The van der Waals surface area contributed by atoms with Crippen LogP contribution in [0.4, 0.5) is 5.82 Å². The number of nitrogens with zero attached hydrogens (tertiary/aromatic N) is 4. The van der Waals surface area contributed by atoms with Crippen LogP contribution in [-0.2, 0) is 22.5 Å². The predicted octanol–water partition coefficient (Wildman–Crippen LogP) is 2.67. The van der Waals surface area contributed by atoms with Gasteiger partial charge in [0.1, 0.15) is 5.82 Å². The number of hydrogen-bond donors (Lipinski definition) is 1. The standard InChI is InChI=1S/C20H23N5O3S/c26-18(4-1-5-19-23-20(24-28-19)16-3-2-12-29-16)22-14-15-6-7-17(21-13-15)25-8-10-27-11-9-25/h2-3,6-7,12-13H,1,4-5,8-11,14H2,(H,22,26). The minimum absolute atomic E-state index is 0.000233. The first kappa shape index (κ1) is 19.5. The first-order valence-electron chi connectivity index (χ1n) is 9.69. The highest BCUT2D eigenvalue weighted by molar-refractivity contribution is 7.13. The van der Waals surface area contributed by atoms with Crippen molar-refractivity contribution < 1.29 is 14.1 Å². The van der Waals surface area contributed by atoms with E-state index in [4.69, 9.17) is 9.26 Å². The molecule has 1 saturated heterocycles. The number of hydrogen-bond acceptors (Lipinski definition) is 8. The lowest BCUT2D eigenvalue weighted by Gasteiger charge is -2.27. The Balaban J connectivity index is 1.17. The number of aromatic nitrogens is 3. The highest BCUT2D eigenvalue weighted by atomic mass is 32.1. The van der Waals surface area contributed by atoms with E-state index in [1.165, 1.54) is 0 Å². The molecule has 0 unspecified atom stereocenters. The zero-order valence-electron chi connectivity index (χ0n) is 16.0. The van der Waals surface area contributed by atoms with Crippen LogP contribution in [0.5, 0.6) is 0 Å². The van der Waals surface area contributed by atoms with E-state index < -0.39 is 0 Å². The van der Waals surface area contributed by atoms with Crippen molar-refractivity contribution in [2.75, 3.05) is 31.2 Å². The van der Waals surface area contributed by atoms with Crippen molar-refractivity contribution in [1.29, 1.82) is 0 Å². The van der Waals surface area contributed by atoms with E-state index >= 15 is 0 Å². The second-order valence-corrected chi connectivity index (χ2v) is 7.69. The molecule has 0 bridgehead atoms. The van der Waals surface area contributed by atoms with Gasteiger partial charge >= 0.3 is 0 Å². The number of amides is 1. The molecule has 4 rings (SSSR count). The molecule has 1 aliphatic heterocycles. The van der Waals surface area contributed by atoms with Crippen LogP contribution in [0.2, 0.25) is 0 Å². The Bertz CT molecular complexity index is 905. The van der Waals surface area contributed by atoms with Crippen LogP contribution in [0.25, 0.3) is 10.7 Å². The predicted molar refractivity (Wildman–Crippen MR) is 110 cm³/mol. The van der Waals surface area contributed by atoms with E-state index in [2.05, 4.69) is 25.3 Å². The van der Waals surface area contributed by atoms with Crippen LogP contribution in [-0.4, -0.2) is 47.3 Å². The molecule has 152 valence electrons. The van der Waals surface area contributed by atoms with Crippen molar-refractivity contribution in [2.24, 2.45) is 0 Å². The van der Waals surface area contributed by atoms with Gasteiger partial charge in [0.25, 0.3) is 0 Å². The molecule has 1 amide bonds. The number of ether oxygens (including phenoxy) is 1. The Morgan fingerprint density at radius 1 is 1.24 bits per heavy atom. The maximum atomic E-state index is 12.1. The monoisotopic (exact) mass is 413 g/mol. The van der Waals surface area contributed by atoms with Gasteiger partial charge in [-0.2, -0.15) is 4.98 Å². The summed E-state index contributed by atoms with van der Waals surface area (Å²) in [6, 6.07) is 7.90. The van der Waals surface area contributed by atoms with Gasteiger partial charge < -0.3 is 19.5 Å². The first-order chi connectivity index (χ1) is 14.3. The van der Waals surface area contributed by atoms with E-state index in [9.17, 15) is 4.79 Å². The number of nitrogens with one attached hydrogen (secondary N) is 1. The second-order valence-electron chi connectivity index (χ2n) is 6.74. The van der Waals surface area contributed by atoms with Gasteiger partial charge in [-0.05, 0) is 29.5 Å². The quantitative estimate of drug-likeness (QED) is 0.607. The summed E-state index contributed by atoms with van der Waals surface area (Å²) in [7, 11) is 0. The zero-order chi connectivity index (χ0) is 19.9. The Morgan fingerprint density at radius 3 is 2.90 bits per heavy atom. The van der Waals surface area contributed by atoms with E-state index in [-0.39, 0.29) is 5.91 Å². The van der Waals surface area contributed by atoms with Gasteiger partial charge in [0.05, 0.1) is 18.1 Å². The van der Waals surface area contributed by atoms with Crippen molar-refractivity contribution in [2.45, 2.75) is 25.8 Å². The molecule has 0 aromatic carbocycles. The van der Waals surface area contributed by atoms with Crippen molar-refractivity contribution in [1.82, 2.24) is 20.4 Å². The van der Waals surface area contributed by atoms with Crippen molar-refractivity contribution in [3.8, 4) is 10.7 Å². The molecular formula is C20H23N5O3S. The van der Waals surface area contributed by atoms with Gasteiger partial charge in [-0.3, -0.25) is 4.79 Å². The molecule has 3 aromatic heterocycles. The summed E-state index contributed by atoms with van der Waals surface area (Å²) in [5.74, 6) is 2.11. The summed E-state index contributed by atoms with van der Waals surface area (Å²) in [4.78, 5) is 24.1. The summed E-state index contributed by atoms with van der Waals surface area (Å²) < 4.78 is 10.6. The lowest BCUT2D eigenvalue weighted by atomic mass is 10.2. The summed E-state index contributed by atoms with van der Waals surface area (Å²) in [6.45, 7) is 3.66. The highest BCUT2D eigenvalue weighted by Gasteiger charge is 2.12. The molecular weight excluding hydrogens is 390 g/mol. The largest absolute Gasteiger partial charge is 0.378 e. The maximum absolute atomic E-state index is 12.1. The molecule has 4 heterocycles. The minimum Gasteiger partial charge on any atom is -0.378 e. The molecule has 0 radical (unpaired) electrons. The molecule has 0 spiro atoms. The number of pyridine rings is 1. The van der Waals surface area contributed by atoms with Crippen molar-refractivity contribution in [3.05, 3.63) is 47.3 Å². The number of aryl methyl sites for hydroxylation is 1. The number of thiophene rings is 1. The second kappa shape index (κ2) is 9.62. The van der Waals surface area contributed by atoms with Gasteiger partial charge in [0, 0.05) is 38.7 Å². The molecule has 0 atom stereocenters. The molecule has 1 aliphatic rings. The third kappa shape index (κ3) is 5.39. The maximum Gasteiger partial charge on any atom is 0.226 e. The minimum atomic E-state index is 0.000233. The molecule has 9 heteroatoms. The van der Waals surface area contributed by atoms with Crippen molar-refractivity contribution >= 4 is 23.1 Å².